The zero-order valence-corrected chi connectivity index (χ0v) is 14.6. The molecule has 138 valence electrons. The lowest BCUT2D eigenvalue weighted by Crippen LogP contribution is -2.25. The largest absolute Gasteiger partial charge is 0.497 e. The molecule has 2 aromatic carbocycles. The monoisotopic (exact) mass is 367 g/mol. The topological polar surface area (TPSA) is 90.9 Å². The van der Waals surface area contributed by atoms with Gasteiger partial charge in [-0.3, -0.25) is 9.59 Å². The Morgan fingerprint density at radius 1 is 1.19 bits per heavy atom. The van der Waals surface area contributed by atoms with E-state index in [1.165, 1.54) is 12.1 Å². The van der Waals surface area contributed by atoms with Crippen LogP contribution in [0.5, 0.6) is 11.5 Å². The van der Waals surface area contributed by atoms with Crippen LogP contribution in [0.15, 0.2) is 48.5 Å². The van der Waals surface area contributed by atoms with Gasteiger partial charge in [0.1, 0.15) is 11.5 Å². The maximum Gasteiger partial charge on any atom is 0.331 e. The zero-order chi connectivity index (χ0) is 19.2. The second kappa shape index (κ2) is 8.18. The van der Waals surface area contributed by atoms with Crippen molar-refractivity contribution in [2.24, 2.45) is 0 Å². The van der Waals surface area contributed by atoms with Gasteiger partial charge in [0.05, 0.1) is 12.8 Å². The molecule has 0 saturated heterocycles. The number of esters is 1. The predicted octanol–water partition coefficient (Wildman–Crippen LogP) is 2.47. The highest BCUT2D eigenvalue weighted by Crippen LogP contribution is 2.28. The van der Waals surface area contributed by atoms with Crippen LogP contribution in [-0.2, 0) is 14.3 Å². The lowest BCUT2D eigenvalue weighted by atomic mass is 10.1. The summed E-state index contributed by atoms with van der Waals surface area (Å²) in [6.07, 6.45) is 2.83. The Kier molecular flexibility index (Phi) is 5.51. The molecule has 1 aliphatic rings. The number of carbonyl (C=O) groups excluding carboxylic acids is 3. The summed E-state index contributed by atoms with van der Waals surface area (Å²) >= 11 is 0. The van der Waals surface area contributed by atoms with E-state index < -0.39 is 12.6 Å². The van der Waals surface area contributed by atoms with Gasteiger partial charge >= 0.3 is 5.97 Å². The van der Waals surface area contributed by atoms with E-state index in [0.29, 0.717) is 22.7 Å². The molecule has 3 rings (SSSR count). The first kappa shape index (κ1) is 18.2. The number of Topliss-reactive ketones (excluding diaryl/α,β-unsaturated/α-hetero) is 1. The minimum atomic E-state index is -0.631. The van der Waals surface area contributed by atoms with E-state index in [1.807, 2.05) is 0 Å². The molecule has 7 nitrogen and oxygen atoms in total. The number of rotatable bonds is 6. The molecule has 0 saturated carbocycles. The van der Waals surface area contributed by atoms with Crippen molar-refractivity contribution in [3.05, 3.63) is 59.7 Å². The Hall–Kier alpha value is -3.61. The second-order valence-electron chi connectivity index (χ2n) is 5.69. The van der Waals surface area contributed by atoms with Gasteiger partial charge in [0, 0.05) is 11.6 Å². The summed E-state index contributed by atoms with van der Waals surface area (Å²) in [7, 11) is 1.57. The third-order valence-electron chi connectivity index (χ3n) is 3.81. The van der Waals surface area contributed by atoms with Crippen molar-refractivity contribution < 1.29 is 28.6 Å². The van der Waals surface area contributed by atoms with Gasteiger partial charge in [0.2, 0.25) is 0 Å². The molecular weight excluding hydrogens is 350 g/mol. The van der Waals surface area contributed by atoms with Gasteiger partial charge in [0.25, 0.3) is 5.91 Å². The lowest BCUT2D eigenvalue weighted by molar-refractivity contribution is -0.136. The van der Waals surface area contributed by atoms with Gasteiger partial charge in [-0.2, -0.15) is 0 Å². The van der Waals surface area contributed by atoms with Crippen LogP contribution in [0.25, 0.3) is 6.08 Å². The molecule has 0 aliphatic carbocycles. The van der Waals surface area contributed by atoms with Gasteiger partial charge in [-0.25, -0.2) is 4.79 Å². The van der Waals surface area contributed by atoms with Crippen molar-refractivity contribution in [2.75, 3.05) is 25.6 Å². The first-order valence-corrected chi connectivity index (χ1v) is 8.14. The average molecular weight is 367 g/mol. The molecule has 1 amide bonds. The Bertz CT molecular complexity index is 901. The number of anilines is 1. The highest BCUT2D eigenvalue weighted by molar-refractivity contribution is 6.02. The number of hydrogen-bond acceptors (Lipinski definition) is 6. The number of carbonyl (C=O) groups is 3. The van der Waals surface area contributed by atoms with Crippen LogP contribution >= 0.6 is 0 Å². The molecule has 1 heterocycles. The summed E-state index contributed by atoms with van der Waals surface area (Å²) in [6.45, 7) is -0.461. The summed E-state index contributed by atoms with van der Waals surface area (Å²) in [5.41, 5.74) is 1.53. The Morgan fingerprint density at radius 3 is 2.70 bits per heavy atom. The fourth-order valence-corrected chi connectivity index (χ4v) is 2.40. The van der Waals surface area contributed by atoms with E-state index in [4.69, 9.17) is 14.2 Å². The molecule has 1 aliphatic heterocycles. The van der Waals surface area contributed by atoms with E-state index in [9.17, 15) is 14.4 Å². The van der Waals surface area contributed by atoms with Crippen molar-refractivity contribution in [3.63, 3.8) is 0 Å². The van der Waals surface area contributed by atoms with Crippen molar-refractivity contribution in [3.8, 4) is 11.5 Å². The molecule has 0 atom stereocenters. The van der Waals surface area contributed by atoms with Gasteiger partial charge in [0.15, 0.2) is 19.0 Å². The summed E-state index contributed by atoms with van der Waals surface area (Å²) in [5, 5.41) is 2.62. The third kappa shape index (κ3) is 4.72. The Balaban J connectivity index is 1.55. The first-order chi connectivity index (χ1) is 13.0. The quantitative estimate of drug-likeness (QED) is 0.479. The molecule has 1 N–H and O–H groups in total. The highest BCUT2D eigenvalue weighted by Gasteiger charge is 2.18. The number of ketones is 1. The number of methoxy groups -OCH3 is 1. The van der Waals surface area contributed by atoms with Crippen molar-refractivity contribution in [2.45, 2.75) is 0 Å². The SMILES string of the molecule is COc1ccc(/C=C/C(=O)OCC(=O)c2ccc3c(c2)NC(=O)CO3)cc1. The molecule has 0 bridgehead atoms. The van der Waals surface area contributed by atoms with Gasteiger partial charge < -0.3 is 19.5 Å². The smallest absolute Gasteiger partial charge is 0.331 e. The lowest BCUT2D eigenvalue weighted by Gasteiger charge is -2.18. The molecule has 7 heteroatoms. The molecule has 2 aromatic rings. The van der Waals surface area contributed by atoms with E-state index in [1.54, 1.807) is 49.6 Å². The number of nitrogens with one attached hydrogen (secondary N) is 1. The molecular formula is C20H17NO6. The molecule has 0 aromatic heterocycles. The van der Waals surface area contributed by atoms with Crippen molar-refractivity contribution >= 4 is 29.4 Å². The number of ether oxygens (including phenoxy) is 3. The highest BCUT2D eigenvalue weighted by atomic mass is 16.5. The van der Waals surface area contributed by atoms with Crippen molar-refractivity contribution in [1.29, 1.82) is 0 Å². The Morgan fingerprint density at radius 2 is 1.96 bits per heavy atom. The van der Waals surface area contributed by atoms with Crippen molar-refractivity contribution in [1.82, 2.24) is 0 Å². The van der Waals surface area contributed by atoms with E-state index >= 15 is 0 Å². The standard InChI is InChI=1S/C20H17NO6/c1-25-15-6-2-13(3-7-15)4-9-20(24)27-11-17(22)14-5-8-18-16(10-14)21-19(23)12-26-18/h2-10H,11-12H2,1H3,(H,21,23)/b9-4+. The molecule has 27 heavy (non-hydrogen) atoms. The number of fused-ring (bicyclic) bond motifs is 1. The van der Waals surface area contributed by atoms with Crippen LogP contribution in [0.3, 0.4) is 0 Å². The van der Waals surface area contributed by atoms with Crippen LogP contribution in [0, 0.1) is 0 Å². The summed E-state index contributed by atoms with van der Waals surface area (Å²) < 4.78 is 15.3. The molecule has 0 fully saturated rings. The molecule has 0 spiro atoms. The maximum absolute atomic E-state index is 12.2. The van der Waals surface area contributed by atoms with Gasteiger partial charge in [-0.1, -0.05) is 12.1 Å². The van der Waals surface area contributed by atoms with E-state index in [-0.39, 0.29) is 18.3 Å². The van der Waals surface area contributed by atoms with E-state index in [0.717, 1.165) is 5.56 Å². The molecule has 0 unspecified atom stereocenters. The van der Waals surface area contributed by atoms with E-state index in [2.05, 4.69) is 5.32 Å². The zero-order valence-electron chi connectivity index (χ0n) is 14.6. The minimum absolute atomic E-state index is 0.0571. The summed E-state index contributed by atoms with van der Waals surface area (Å²) in [5.74, 6) is -0.0997. The fourth-order valence-electron chi connectivity index (χ4n) is 2.40. The summed E-state index contributed by atoms with van der Waals surface area (Å²) in [4.78, 5) is 35.3. The Labute approximate surface area is 155 Å². The van der Waals surface area contributed by atoms with Crippen LogP contribution in [-0.4, -0.2) is 38.0 Å². The number of benzene rings is 2. The van der Waals surface area contributed by atoms with Crippen LogP contribution in [0.4, 0.5) is 5.69 Å². The average Bonchev–Trinajstić information content (AvgIpc) is 2.70. The maximum atomic E-state index is 12.2. The van der Waals surface area contributed by atoms with Crippen LogP contribution < -0.4 is 14.8 Å². The predicted molar refractivity (Wildman–Crippen MR) is 97.9 cm³/mol. The van der Waals surface area contributed by atoms with Crippen LogP contribution in [0.1, 0.15) is 15.9 Å². The minimum Gasteiger partial charge on any atom is -0.497 e. The second-order valence-corrected chi connectivity index (χ2v) is 5.69. The summed E-state index contributed by atoms with van der Waals surface area (Å²) in [6, 6.07) is 11.8. The molecule has 0 radical (unpaired) electrons. The normalized spacial score (nSPS) is 12.7. The van der Waals surface area contributed by atoms with Crippen LogP contribution in [0.2, 0.25) is 0 Å². The first-order valence-electron chi connectivity index (χ1n) is 8.14. The third-order valence-corrected chi connectivity index (χ3v) is 3.81. The number of hydrogen-bond donors (Lipinski definition) is 1. The number of amides is 1. The van der Waals surface area contributed by atoms with Gasteiger partial charge in [-0.15, -0.1) is 0 Å². The fraction of sp³-hybridized carbons (Fsp3) is 0.150. The van der Waals surface area contributed by atoms with Gasteiger partial charge in [-0.05, 0) is 42.0 Å².